The van der Waals surface area contributed by atoms with Crippen molar-refractivity contribution in [3.63, 3.8) is 0 Å². The average molecular weight is 253 g/mol. The van der Waals surface area contributed by atoms with Crippen LogP contribution in [0.25, 0.3) is 0 Å². The number of amides is 1. The Morgan fingerprint density at radius 3 is 2.67 bits per heavy atom. The van der Waals surface area contributed by atoms with Gasteiger partial charge in [0.15, 0.2) is 0 Å². The van der Waals surface area contributed by atoms with E-state index in [9.17, 15) is 9.18 Å². The van der Waals surface area contributed by atoms with Crippen LogP contribution in [-0.2, 0) is 16.0 Å². The van der Waals surface area contributed by atoms with Gasteiger partial charge in [-0.25, -0.2) is 4.39 Å². The summed E-state index contributed by atoms with van der Waals surface area (Å²) in [6, 6.07) is 6.26. The number of benzene rings is 1. The minimum Gasteiger partial charge on any atom is -0.385 e. The lowest BCUT2D eigenvalue weighted by Gasteiger charge is -2.12. The first kappa shape index (κ1) is 14.6. The fourth-order valence-electron chi connectivity index (χ4n) is 1.67. The first-order valence-electron chi connectivity index (χ1n) is 6.14. The number of methoxy groups -OCH3 is 1. The number of carbonyl (C=O) groups excluding carboxylic acids is 1. The van der Waals surface area contributed by atoms with Crippen molar-refractivity contribution in [1.29, 1.82) is 0 Å². The van der Waals surface area contributed by atoms with Gasteiger partial charge in [-0.05, 0) is 30.5 Å². The maximum absolute atomic E-state index is 12.7. The Balaban J connectivity index is 2.33. The fraction of sp³-hybridized carbons (Fsp3) is 0.500. The summed E-state index contributed by atoms with van der Waals surface area (Å²) in [6.45, 7) is 3.14. The molecule has 0 spiro atoms. The highest BCUT2D eigenvalue weighted by Gasteiger charge is 2.12. The summed E-state index contributed by atoms with van der Waals surface area (Å²) in [4.78, 5) is 11.8. The largest absolute Gasteiger partial charge is 0.385 e. The molecule has 1 aromatic carbocycles. The zero-order valence-electron chi connectivity index (χ0n) is 10.9. The van der Waals surface area contributed by atoms with Gasteiger partial charge in [-0.15, -0.1) is 0 Å². The van der Waals surface area contributed by atoms with Crippen LogP contribution in [0.5, 0.6) is 0 Å². The molecule has 1 aromatic rings. The number of ether oxygens (including phenoxy) is 1. The lowest BCUT2D eigenvalue weighted by Crippen LogP contribution is -2.31. The second-order valence-electron chi connectivity index (χ2n) is 4.37. The summed E-state index contributed by atoms with van der Waals surface area (Å²) < 4.78 is 17.6. The number of carbonyl (C=O) groups is 1. The van der Waals surface area contributed by atoms with E-state index in [1.807, 2.05) is 6.92 Å². The van der Waals surface area contributed by atoms with E-state index in [1.165, 1.54) is 12.1 Å². The van der Waals surface area contributed by atoms with Gasteiger partial charge >= 0.3 is 0 Å². The third-order valence-electron chi connectivity index (χ3n) is 2.73. The minimum atomic E-state index is -0.254. The fourth-order valence-corrected chi connectivity index (χ4v) is 1.67. The van der Waals surface area contributed by atoms with E-state index in [0.29, 0.717) is 19.6 Å². The van der Waals surface area contributed by atoms with Gasteiger partial charge in [0.25, 0.3) is 0 Å². The third-order valence-corrected chi connectivity index (χ3v) is 2.73. The predicted octanol–water partition coefficient (Wildman–Crippen LogP) is 2.16. The average Bonchev–Trinajstić information content (AvgIpc) is 2.37. The molecule has 100 valence electrons. The van der Waals surface area contributed by atoms with E-state index >= 15 is 0 Å². The molecule has 0 bridgehead atoms. The van der Waals surface area contributed by atoms with Crippen molar-refractivity contribution >= 4 is 5.91 Å². The van der Waals surface area contributed by atoms with Gasteiger partial charge in [0.1, 0.15) is 5.82 Å². The van der Waals surface area contributed by atoms with Crippen molar-refractivity contribution < 1.29 is 13.9 Å². The maximum Gasteiger partial charge on any atom is 0.223 e. The molecule has 0 heterocycles. The molecule has 0 radical (unpaired) electrons. The highest BCUT2D eigenvalue weighted by atomic mass is 19.1. The van der Waals surface area contributed by atoms with Crippen molar-refractivity contribution in [3.05, 3.63) is 35.6 Å². The summed E-state index contributed by atoms with van der Waals surface area (Å²) in [5.41, 5.74) is 0.968. The first-order chi connectivity index (χ1) is 8.63. The van der Waals surface area contributed by atoms with Crippen LogP contribution in [0, 0.1) is 11.7 Å². The SMILES string of the molecule is COCCCNC(=O)C(C)Cc1ccc(F)cc1. The zero-order valence-corrected chi connectivity index (χ0v) is 10.9. The Morgan fingerprint density at radius 2 is 2.06 bits per heavy atom. The van der Waals surface area contributed by atoms with E-state index in [0.717, 1.165) is 12.0 Å². The van der Waals surface area contributed by atoms with Crippen LogP contribution in [0.1, 0.15) is 18.9 Å². The van der Waals surface area contributed by atoms with Crippen LogP contribution >= 0.6 is 0 Å². The Bertz CT molecular complexity index is 365. The molecule has 18 heavy (non-hydrogen) atoms. The van der Waals surface area contributed by atoms with Gasteiger partial charge in [0.2, 0.25) is 5.91 Å². The van der Waals surface area contributed by atoms with E-state index in [1.54, 1.807) is 19.2 Å². The quantitative estimate of drug-likeness (QED) is 0.756. The van der Waals surface area contributed by atoms with Crippen LogP contribution in [0.4, 0.5) is 4.39 Å². The van der Waals surface area contributed by atoms with Crippen LogP contribution in [0.15, 0.2) is 24.3 Å². The number of halogens is 1. The van der Waals surface area contributed by atoms with Crippen molar-refractivity contribution in [2.45, 2.75) is 19.8 Å². The molecule has 0 aromatic heterocycles. The molecule has 0 aliphatic rings. The number of hydrogen-bond donors (Lipinski definition) is 1. The molecule has 0 aliphatic heterocycles. The van der Waals surface area contributed by atoms with Crippen LogP contribution < -0.4 is 5.32 Å². The van der Waals surface area contributed by atoms with Gasteiger partial charge in [-0.2, -0.15) is 0 Å². The first-order valence-corrected chi connectivity index (χ1v) is 6.14. The summed E-state index contributed by atoms with van der Waals surface area (Å²) in [6.07, 6.45) is 1.43. The standard InChI is InChI=1S/C14H20FNO2/c1-11(14(17)16-8-3-9-18-2)10-12-4-6-13(15)7-5-12/h4-7,11H,3,8-10H2,1-2H3,(H,16,17). The zero-order chi connectivity index (χ0) is 13.4. The second kappa shape index (κ2) is 7.82. The monoisotopic (exact) mass is 253 g/mol. The molecule has 1 unspecified atom stereocenters. The molecule has 1 amide bonds. The van der Waals surface area contributed by atoms with Crippen molar-refractivity contribution in [2.24, 2.45) is 5.92 Å². The Kier molecular flexibility index (Phi) is 6.36. The van der Waals surface area contributed by atoms with E-state index < -0.39 is 0 Å². The Hall–Kier alpha value is -1.42. The Morgan fingerprint density at radius 1 is 1.39 bits per heavy atom. The van der Waals surface area contributed by atoms with Gasteiger partial charge in [-0.3, -0.25) is 4.79 Å². The molecular formula is C14H20FNO2. The lowest BCUT2D eigenvalue weighted by atomic mass is 10.0. The van der Waals surface area contributed by atoms with Crippen LogP contribution in [0.3, 0.4) is 0 Å². The van der Waals surface area contributed by atoms with Crippen LogP contribution in [0.2, 0.25) is 0 Å². The Labute approximate surface area is 107 Å². The normalized spacial score (nSPS) is 12.2. The van der Waals surface area contributed by atoms with E-state index in [-0.39, 0.29) is 17.6 Å². The van der Waals surface area contributed by atoms with E-state index in [4.69, 9.17) is 4.74 Å². The summed E-state index contributed by atoms with van der Waals surface area (Å²) in [5, 5.41) is 2.86. The number of hydrogen-bond acceptors (Lipinski definition) is 2. The second-order valence-corrected chi connectivity index (χ2v) is 4.37. The van der Waals surface area contributed by atoms with Crippen molar-refractivity contribution in [1.82, 2.24) is 5.32 Å². The van der Waals surface area contributed by atoms with Gasteiger partial charge in [-0.1, -0.05) is 19.1 Å². The smallest absolute Gasteiger partial charge is 0.223 e. The molecule has 1 rings (SSSR count). The van der Waals surface area contributed by atoms with Gasteiger partial charge < -0.3 is 10.1 Å². The molecule has 1 N–H and O–H groups in total. The van der Waals surface area contributed by atoms with Gasteiger partial charge in [0, 0.05) is 26.2 Å². The topological polar surface area (TPSA) is 38.3 Å². The van der Waals surface area contributed by atoms with Crippen molar-refractivity contribution in [3.8, 4) is 0 Å². The van der Waals surface area contributed by atoms with Crippen LogP contribution in [-0.4, -0.2) is 26.2 Å². The molecule has 0 aliphatic carbocycles. The molecule has 0 saturated heterocycles. The van der Waals surface area contributed by atoms with Gasteiger partial charge in [0.05, 0.1) is 0 Å². The summed E-state index contributed by atoms with van der Waals surface area (Å²) in [7, 11) is 1.64. The maximum atomic E-state index is 12.7. The number of rotatable bonds is 7. The summed E-state index contributed by atoms with van der Waals surface area (Å²) >= 11 is 0. The molecule has 3 nitrogen and oxygen atoms in total. The molecule has 1 atom stereocenters. The molecule has 4 heteroatoms. The number of nitrogens with one attached hydrogen (secondary N) is 1. The lowest BCUT2D eigenvalue weighted by molar-refractivity contribution is -0.124. The highest BCUT2D eigenvalue weighted by Crippen LogP contribution is 2.09. The van der Waals surface area contributed by atoms with E-state index in [2.05, 4.69) is 5.32 Å². The third kappa shape index (κ3) is 5.27. The molecule has 0 saturated carbocycles. The summed E-state index contributed by atoms with van der Waals surface area (Å²) in [5.74, 6) is -0.344. The minimum absolute atomic E-state index is 0.0235. The molecule has 0 fully saturated rings. The van der Waals surface area contributed by atoms with Crippen molar-refractivity contribution in [2.75, 3.05) is 20.3 Å². The predicted molar refractivity (Wildman–Crippen MR) is 68.8 cm³/mol. The molecular weight excluding hydrogens is 233 g/mol. The highest BCUT2D eigenvalue weighted by molar-refractivity contribution is 5.78.